The summed E-state index contributed by atoms with van der Waals surface area (Å²) in [6.45, 7) is 6.37. The van der Waals surface area contributed by atoms with Crippen molar-refractivity contribution in [2.24, 2.45) is 5.41 Å². The number of benzene rings is 1. The summed E-state index contributed by atoms with van der Waals surface area (Å²) in [7, 11) is 0. The van der Waals surface area contributed by atoms with Gasteiger partial charge in [0.25, 0.3) is 0 Å². The zero-order chi connectivity index (χ0) is 14.9. The number of halogens is 1. The van der Waals surface area contributed by atoms with Crippen molar-refractivity contribution in [3.63, 3.8) is 0 Å². The van der Waals surface area contributed by atoms with E-state index in [1.165, 1.54) is 23.3 Å². The molecular weight excluding hydrogens is 316 g/mol. The van der Waals surface area contributed by atoms with Crippen molar-refractivity contribution in [3.8, 4) is 0 Å². The lowest BCUT2D eigenvalue weighted by Crippen LogP contribution is -2.53. The molecule has 3 nitrogen and oxygen atoms in total. The highest BCUT2D eigenvalue weighted by atomic mass is 35.5. The molecule has 2 heterocycles. The van der Waals surface area contributed by atoms with Gasteiger partial charge in [0.2, 0.25) is 5.91 Å². The minimum atomic E-state index is 0. The number of rotatable bonds is 3. The Balaban J connectivity index is 0.00000176. The Bertz CT molecular complexity index is 510. The first kappa shape index (κ1) is 17.6. The van der Waals surface area contributed by atoms with E-state index in [1.807, 2.05) is 12.1 Å². The van der Waals surface area contributed by atoms with Gasteiger partial charge in [-0.15, -0.1) is 24.2 Å². The molecule has 2 aliphatic rings. The van der Waals surface area contributed by atoms with Crippen LogP contribution in [0.25, 0.3) is 0 Å². The molecule has 0 aliphatic carbocycles. The first-order chi connectivity index (χ1) is 10.1. The smallest absolute Gasteiger partial charge is 0.233 e. The standard InChI is InChI=1S/C17H24N2OS.ClH/c1-17(2)8-5-9-18-15(17)11-19-16(20)14-10-12-6-3-4-7-13(12)21-14;/h3-4,6-7,14-15,18H,5,8-11H2,1-2H3,(H,19,20);1H. The van der Waals surface area contributed by atoms with E-state index in [0.29, 0.717) is 6.04 Å². The maximum Gasteiger partial charge on any atom is 0.233 e. The summed E-state index contributed by atoms with van der Waals surface area (Å²) in [5, 5.41) is 6.75. The Kier molecular flexibility index (Phi) is 5.81. The molecule has 2 aliphatic heterocycles. The summed E-state index contributed by atoms with van der Waals surface area (Å²) in [6.07, 6.45) is 3.31. The predicted molar refractivity (Wildman–Crippen MR) is 94.9 cm³/mol. The van der Waals surface area contributed by atoms with Crippen molar-refractivity contribution < 1.29 is 4.79 Å². The van der Waals surface area contributed by atoms with Crippen molar-refractivity contribution in [2.75, 3.05) is 13.1 Å². The molecule has 0 saturated carbocycles. The van der Waals surface area contributed by atoms with Crippen LogP contribution in [-0.4, -0.2) is 30.3 Å². The number of carbonyl (C=O) groups is 1. The minimum Gasteiger partial charge on any atom is -0.354 e. The molecular formula is C17H25ClN2OS. The Hall–Kier alpha value is -0.710. The van der Waals surface area contributed by atoms with Crippen molar-refractivity contribution in [1.82, 2.24) is 10.6 Å². The van der Waals surface area contributed by atoms with E-state index in [-0.39, 0.29) is 29.0 Å². The fourth-order valence-electron chi connectivity index (χ4n) is 3.26. The Morgan fingerprint density at radius 2 is 2.18 bits per heavy atom. The molecule has 0 radical (unpaired) electrons. The SMILES string of the molecule is CC1(C)CCCNC1CNC(=O)C1Cc2ccccc2S1.Cl. The maximum atomic E-state index is 12.4. The molecule has 2 unspecified atom stereocenters. The van der Waals surface area contributed by atoms with Crippen LogP contribution in [0.5, 0.6) is 0 Å². The number of hydrogen-bond acceptors (Lipinski definition) is 3. The topological polar surface area (TPSA) is 41.1 Å². The lowest BCUT2D eigenvalue weighted by molar-refractivity contribution is -0.120. The third-order valence-corrected chi connectivity index (χ3v) is 6.07. The van der Waals surface area contributed by atoms with E-state index in [4.69, 9.17) is 0 Å². The third-order valence-electron chi connectivity index (χ3n) is 4.75. The molecule has 2 atom stereocenters. The average molecular weight is 341 g/mol. The molecule has 3 rings (SSSR count). The van der Waals surface area contributed by atoms with E-state index in [9.17, 15) is 4.79 Å². The van der Waals surface area contributed by atoms with Gasteiger partial charge in [-0.05, 0) is 42.9 Å². The van der Waals surface area contributed by atoms with Crippen LogP contribution in [-0.2, 0) is 11.2 Å². The van der Waals surface area contributed by atoms with Gasteiger partial charge in [-0.25, -0.2) is 0 Å². The van der Waals surface area contributed by atoms with Gasteiger partial charge in [0.05, 0.1) is 5.25 Å². The summed E-state index contributed by atoms with van der Waals surface area (Å²) in [5.41, 5.74) is 1.57. The van der Waals surface area contributed by atoms with Crippen LogP contribution >= 0.6 is 24.2 Å². The van der Waals surface area contributed by atoms with E-state index >= 15 is 0 Å². The Morgan fingerprint density at radius 3 is 2.91 bits per heavy atom. The normalized spacial score (nSPS) is 25.9. The van der Waals surface area contributed by atoms with Gasteiger partial charge in [-0.3, -0.25) is 4.79 Å². The molecule has 5 heteroatoms. The van der Waals surface area contributed by atoms with E-state index in [2.05, 4.69) is 36.6 Å². The summed E-state index contributed by atoms with van der Waals surface area (Å²) in [6, 6.07) is 8.71. The van der Waals surface area contributed by atoms with Gasteiger partial charge in [-0.2, -0.15) is 0 Å². The second kappa shape index (κ2) is 7.24. The number of hydrogen-bond donors (Lipinski definition) is 2. The van der Waals surface area contributed by atoms with E-state index in [0.717, 1.165) is 19.5 Å². The number of amides is 1. The molecule has 2 N–H and O–H groups in total. The first-order valence-corrected chi connectivity index (χ1v) is 8.70. The number of fused-ring (bicyclic) bond motifs is 1. The van der Waals surface area contributed by atoms with Crippen LogP contribution in [0.3, 0.4) is 0 Å². The van der Waals surface area contributed by atoms with Crippen LogP contribution in [0.15, 0.2) is 29.2 Å². The highest BCUT2D eigenvalue weighted by Gasteiger charge is 2.33. The Labute approximate surface area is 143 Å². The van der Waals surface area contributed by atoms with Gasteiger partial charge in [0, 0.05) is 17.5 Å². The molecule has 1 aromatic carbocycles. The van der Waals surface area contributed by atoms with Crippen LogP contribution < -0.4 is 10.6 Å². The van der Waals surface area contributed by atoms with Gasteiger partial charge >= 0.3 is 0 Å². The number of carbonyl (C=O) groups excluding carboxylic acids is 1. The molecule has 1 fully saturated rings. The molecule has 0 spiro atoms. The highest BCUT2D eigenvalue weighted by molar-refractivity contribution is 8.01. The van der Waals surface area contributed by atoms with E-state index in [1.54, 1.807) is 11.8 Å². The zero-order valence-corrected chi connectivity index (χ0v) is 14.9. The fraction of sp³-hybridized carbons (Fsp3) is 0.588. The van der Waals surface area contributed by atoms with Crippen molar-refractivity contribution in [1.29, 1.82) is 0 Å². The van der Waals surface area contributed by atoms with Crippen molar-refractivity contribution >= 4 is 30.1 Å². The van der Waals surface area contributed by atoms with Gasteiger partial charge in [0.1, 0.15) is 0 Å². The number of thioether (sulfide) groups is 1. The van der Waals surface area contributed by atoms with Crippen LogP contribution in [0.4, 0.5) is 0 Å². The van der Waals surface area contributed by atoms with Crippen LogP contribution in [0, 0.1) is 5.41 Å². The molecule has 22 heavy (non-hydrogen) atoms. The number of piperidine rings is 1. The summed E-state index contributed by atoms with van der Waals surface area (Å²) < 4.78 is 0. The molecule has 0 bridgehead atoms. The fourth-order valence-corrected chi connectivity index (χ4v) is 4.48. The van der Waals surface area contributed by atoms with E-state index < -0.39 is 0 Å². The summed E-state index contributed by atoms with van der Waals surface area (Å²) in [4.78, 5) is 13.7. The molecule has 0 aromatic heterocycles. The maximum absolute atomic E-state index is 12.4. The second-order valence-corrected chi connectivity index (χ2v) is 8.01. The van der Waals surface area contributed by atoms with Crippen LogP contribution in [0.1, 0.15) is 32.3 Å². The number of nitrogens with one attached hydrogen (secondary N) is 2. The molecule has 1 aromatic rings. The highest BCUT2D eigenvalue weighted by Crippen LogP contribution is 2.37. The second-order valence-electron chi connectivity index (χ2n) is 6.76. The van der Waals surface area contributed by atoms with Gasteiger partial charge in [-0.1, -0.05) is 32.0 Å². The molecule has 1 saturated heterocycles. The Morgan fingerprint density at radius 1 is 1.41 bits per heavy atom. The van der Waals surface area contributed by atoms with Gasteiger partial charge < -0.3 is 10.6 Å². The average Bonchev–Trinajstić information content (AvgIpc) is 2.89. The summed E-state index contributed by atoms with van der Waals surface area (Å²) in [5.74, 6) is 0.180. The zero-order valence-electron chi connectivity index (χ0n) is 13.2. The van der Waals surface area contributed by atoms with Crippen molar-refractivity contribution in [3.05, 3.63) is 29.8 Å². The predicted octanol–water partition coefficient (Wildman–Crippen LogP) is 3.02. The third kappa shape index (κ3) is 3.79. The van der Waals surface area contributed by atoms with Crippen LogP contribution in [0.2, 0.25) is 0 Å². The van der Waals surface area contributed by atoms with Crippen molar-refractivity contribution in [2.45, 2.75) is 49.3 Å². The first-order valence-electron chi connectivity index (χ1n) is 7.82. The lowest BCUT2D eigenvalue weighted by Gasteiger charge is -2.39. The monoisotopic (exact) mass is 340 g/mol. The summed E-state index contributed by atoms with van der Waals surface area (Å²) >= 11 is 1.70. The van der Waals surface area contributed by atoms with Gasteiger partial charge in [0.15, 0.2) is 0 Å². The molecule has 1 amide bonds. The minimum absolute atomic E-state index is 0. The largest absolute Gasteiger partial charge is 0.354 e. The lowest BCUT2D eigenvalue weighted by atomic mass is 9.77. The quantitative estimate of drug-likeness (QED) is 0.888. The molecule has 122 valence electrons.